The van der Waals surface area contributed by atoms with Crippen LogP contribution < -0.4 is 4.74 Å². The van der Waals surface area contributed by atoms with Gasteiger partial charge in [0.05, 0.1) is 23.6 Å². The Kier molecular flexibility index (Phi) is 5.11. The van der Waals surface area contributed by atoms with Gasteiger partial charge in [0.2, 0.25) is 5.88 Å². The first kappa shape index (κ1) is 20.0. The number of alkyl halides is 2. The molecule has 5 rings (SSSR count). The number of piperidine rings is 1. The summed E-state index contributed by atoms with van der Waals surface area (Å²) in [6, 6.07) is 11.0. The summed E-state index contributed by atoms with van der Waals surface area (Å²) in [6.07, 6.45) is 1.63. The standard InChI is InChI=1S/C21H20F2N6OS/c1-14-16(20(31-27-14)29-24-9-10-25-29)12-28-11-8-21(22,23)18(13-28)30-19-7-6-15-4-2-3-5-17(15)26-19/h2-7,9-10,18H,8,11-13H2,1H3. The van der Waals surface area contributed by atoms with Crippen molar-refractivity contribution in [2.45, 2.75) is 31.9 Å². The molecular formula is C21H20F2N6OS. The zero-order valence-corrected chi connectivity index (χ0v) is 17.6. The van der Waals surface area contributed by atoms with E-state index in [2.05, 4.69) is 19.6 Å². The number of para-hydroxylation sites is 1. The van der Waals surface area contributed by atoms with Crippen molar-refractivity contribution in [3.63, 3.8) is 0 Å². The molecule has 1 aliphatic rings. The van der Waals surface area contributed by atoms with Crippen molar-refractivity contribution in [2.75, 3.05) is 13.1 Å². The average Bonchev–Trinajstić information content (AvgIpc) is 3.41. The van der Waals surface area contributed by atoms with Crippen LogP contribution in [-0.4, -0.2) is 54.4 Å². The quantitative estimate of drug-likeness (QED) is 0.467. The van der Waals surface area contributed by atoms with E-state index in [0.717, 1.165) is 21.6 Å². The van der Waals surface area contributed by atoms with Gasteiger partial charge in [-0.1, -0.05) is 18.2 Å². The Morgan fingerprint density at radius 1 is 1.16 bits per heavy atom. The topological polar surface area (TPSA) is 69.0 Å². The summed E-state index contributed by atoms with van der Waals surface area (Å²) in [4.78, 5) is 7.88. The number of hydrogen-bond acceptors (Lipinski definition) is 7. The second-order valence-electron chi connectivity index (χ2n) is 7.57. The first-order chi connectivity index (χ1) is 15.0. The molecule has 1 atom stereocenters. The third-order valence-electron chi connectivity index (χ3n) is 5.44. The maximum absolute atomic E-state index is 14.7. The number of nitrogens with zero attached hydrogens (tertiary/aromatic N) is 6. The summed E-state index contributed by atoms with van der Waals surface area (Å²) in [5.41, 5.74) is 2.50. The van der Waals surface area contributed by atoms with E-state index in [0.29, 0.717) is 12.1 Å². The molecule has 0 radical (unpaired) electrons. The predicted molar refractivity (Wildman–Crippen MR) is 113 cm³/mol. The van der Waals surface area contributed by atoms with E-state index >= 15 is 0 Å². The van der Waals surface area contributed by atoms with E-state index in [1.165, 1.54) is 16.3 Å². The van der Waals surface area contributed by atoms with Gasteiger partial charge in [0, 0.05) is 43.1 Å². The number of benzene rings is 1. The van der Waals surface area contributed by atoms with Gasteiger partial charge in [0.25, 0.3) is 5.92 Å². The lowest BCUT2D eigenvalue weighted by molar-refractivity contribution is -0.138. The molecule has 0 N–H and O–H groups in total. The Labute approximate surface area is 181 Å². The van der Waals surface area contributed by atoms with Gasteiger partial charge in [-0.05, 0) is 30.6 Å². The zero-order valence-electron chi connectivity index (χ0n) is 16.8. The SMILES string of the molecule is Cc1nsc(-n2nccn2)c1CN1CCC(F)(F)C(Oc2ccc3ccccc3n2)C1. The molecule has 1 fully saturated rings. The van der Waals surface area contributed by atoms with Crippen molar-refractivity contribution in [3.05, 3.63) is 60.0 Å². The molecule has 10 heteroatoms. The van der Waals surface area contributed by atoms with Gasteiger partial charge in [-0.2, -0.15) is 14.6 Å². The molecule has 0 bridgehead atoms. The van der Waals surface area contributed by atoms with E-state index in [1.807, 2.05) is 42.2 Å². The Hall–Kier alpha value is -2.98. The van der Waals surface area contributed by atoms with Gasteiger partial charge in [-0.3, -0.25) is 4.90 Å². The molecule has 3 aromatic heterocycles. The molecule has 0 amide bonds. The first-order valence-electron chi connectivity index (χ1n) is 9.94. The third kappa shape index (κ3) is 4.00. The van der Waals surface area contributed by atoms with Gasteiger partial charge in [-0.15, -0.1) is 4.80 Å². The van der Waals surface area contributed by atoms with Crippen LogP contribution >= 0.6 is 11.5 Å². The molecule has 1 aliphatic heterocycles. The van der Waals surface area contributed by atoms with E-state index in [-0.39, 0.29) is 25.4 Å². The largest absolute Gasteiger partial charge is 0.467 e. The van der Waals surface area contributed by atoms with Gasteiger partial charge in [-0.25, -0.2) is 13.8 Å². The van der Waals surface area contributed by atoms with Gasteiger partial charge in [0.15, 0.2) is 11.1 Å². The predicted octanol–water partition coefficient (Wildman–Crippen LogP) is 3.87. The normalized spacial score (nSPS) is 19.0. The maximum Gasteiger partial charge on any atom is 0.286 e. The van der Waals surface area contributed by atoms with Crippen molar-refractivity contribution in [1.29, 1.82) is 0 Å². The number of halogens is 2. The second kappa shape index (κ2) is 7.93. The Balaban J connectivity index is 1.35. The van der Waals surface area contributed by atoms with Crippen LogP contribution in [0.25, 0.3) is 15.9 Å². The fourth-order valence-corrected chi connectivity index (χ4v) is 4.54. The van der Waals surface area contributed by atoms with Crippen LogP contribution in [0.1, 0.15) is 17.7 Å². The molecule has 160 valence electrons. The number of aryl methyl sites for hydroxylation is 1. The maximum atomic E-state index is 14.7. The number of rotatable bonds is 5. The van der Waals surface area contributed by atoms with Gasteiger partial charge >= 0.3 is 0 Å². The molecular weight excluding hydrogens is 422 g/mol. The van der Waals surface area contributed by atoms with Crippen LogP contribution in [-0.2, 0) is 6.54 Å². The van der Waals surface area contributed by atoms with Crippen LogP contribution in [0.2, 0.25) is 0 Å². The highest BCUT2D eigenvalue weighted by Gasteiger charge is 2.46. The number of hydrogen-bond donors (Lipinski definition) is 0. The van der Waals surface area contributed by atoms with Crippen LogP contribution in [0, 0.1) is 6.92 Å². The molecule has 0 saturated carbocycles. The lowest BCUT2D eigenvalue weighted by atomic mass is 10.0. The van der Waals surface area contributed by atoms with Crippen LogP contribution in [0.3, 0.4) is 0 Å². The average molecular weight is 442 g/mol. The van der Waals surface area contributed by atoms with Crippen LogP contribution in [0.5, 0.6) is 5.88 Å². The molecule has 4 heterocycles. The summed E-state index contributed by atoms with van der Waals surface area (Å²) in [6.45, 7) is 2.73. The molecule has 7 nitrogen and oxygen atoms in total. The van der Waals surface area contributed by atoms with Crippen molar-refractivity contribution in [3.8, 4) is 10.9 Å². The molecule has 0 aliphatic carbocycles. The van der Waals surface area contributed by atoms with E-state index in [9.17, 15) is 8.78 Å². The number of pyridine rings is 1. The van der Waals surface area contributed by atoms with E-state index in [4.69, 9.17) is 4.74 Å². The number of likely N-dealkylation sites (tertiary alicyclic amines) is 1. The number of fused-ring (bicyclic) bond motifs is 1. The number of ether oxygens (including phenoxy) is 1. The van der Waals surface area contributed by atoms with Crippen molar-refractivity contribution >= 4 is 22.4 Å². The minimum Gasteiger partial charge on any atom is -0.467 e. The van der Waals surface area contributed by atoms with Crippen molar-refractivity contribution in [2.24, 2.45) is 0 Å². The first-order valence-corrected chi connectivity index (χ1v) is 10.7. The summed E-state index contributed by atoms with van der Waals surface area (Å²) < 4.78 is 39.5. The highest BCUT2D eigenvalue weighted by Crippen LogP contribution is 2.33. The summed E-state index contributed by atoms with van der Waals surface area (Å²) in [7, 11) is 0. The number of aromatic nitrogens is 5. The highest BCUT2D eigenvalue weighted by molar-refractivity contribution is 7.08. The third-order valence-corrected chi connectivity index (χ3v) is 6.39. The smallest absolute Gasteiger partial charge is 0.286 e. The van der Waals surface area contributed by atoms with E-state index in [1.54, 1.807) is 18.5 Å². The van der Waals surface area contributed by atoms with Crippen LogP contribution in [0.15, 0.2) is 48.8 Å². The lowest BCUT2D eigenvalue weighted by Gasteiger charge is -2.38. The van der Waals surface area contributed by atoms with Gasteiger partial charge < -0.3 is 4.74 Å². The Morgan fingerprint density at radius 3 is 2.81 bits per heavy atom. The minimum atomic E-state index is -2.93. The zero-order chi connectivity index (χ0) is 21.4. The van der Waals surface area contributed by atoms with Gasteiger partial charge in [0.1, 0.15) is 0 Å². The summed E-state index contributed by atoms with van der Waals surface area (Å²) in [5.74, 6) is -2.72. The summed E-state index contributed by atoms with van der Waals surface area (Å²) in [5, 5.41) is 10.1. The molecule has 4 aromatic rings. The Bertz CT molecular complexity index is 1200. The molecule has 31 heavy (non-hydrogen) atoms. The minimum absolute atomic E-state index is 0.0861. The van der Waals surface area contributed by atoms with Crippen molar-refractivity contribution < 1.29 is 13.5 Å². The monoisotopic (exact) mass is 442 g/mol. The highest BCUT2D eigenvalue weighted by atomic mass is 32.1. The van der Waals surface area contributed by atoms with Crippen LogP contribution in [0.4, 0.5) is 8.78 Å². The fraction of sp³-hybridized carbons (Fsp3) is 0.333. The molecule has 1 aromatic carbocycles. The fourth-order valence-electron chi connectivity index (χ4n) is 3.71. The molecule has 1 unspecified atom stereocenters. The van der Waals surface area contributed by atoms with Crippen molar-refractivity contribution in [1.82, 2.24) is 29.3 Å². The molecule has 0 spiro atoms. The summed E-state index contributed by atoms with van der Waals surface area (Å²) >= 11 is 1.30. The lowest BCUT2D eigenvalue weighted by Crippen LogP contribution is -2.53. The Morgan fingerprint density at radius 2 is 1.97 bits per heavy atom. The molecule has 1 saturated heterocycles. The second-order valence-corrected chi connectivity index (χ2v) is 8.32. The van der Waals surface area contributed by atoms with E-state index < -0.39 is 12.0 Å².